The first-order valence-corrected chi connectivity index (χ1v) is 8.98. The minimum atomic E-state index is -0.987. The van der Waals surface area contributed by atoms with Gasteiger partial charge in [-0.1, -0.05) is 25.4 Å². The van der Waals surface area contributed by atoms with Crippen molar-refractivity contribution in [2.75, 3.05) is 26.2 Å². The second kappa shape index (κ2) is 9.61. The van der Waals surface area contributed by atoms with Crippen LogP contribution in [0.15, 0.2) is 34.7 Å². The lowest BCUT2D eigenvalue weighted by atomic mass is 10.1. The Morgan fingerprint density at radius 1 is 1.24 bits per heavy atom. The molecule has 0 aliphatic heterocycles. The maximum absolute atomic E-state index is 11.1. The van der Waals surface area contributed by atoms with Crippen molar-refractivity contribution in [2.24, 2.45) is 0 Å². The van der Waals surface area contributed by atoms with Crippen molar-refractivity contribution in [1.29, 1.82) is 0 Å². The molecule has 0 fully saturated rings. The number of hydrogen-bond donors (Lipinski definition) is 2. The van der Waals surface area contributed by atoms with E-state index in [1.807, 2.05) is 12.1 Å². The van der Waals surface area contributed by atoms with E-state index < -0.39 is 5.97 Å². The van der Waals surface area contributed by atoms with Crippen LogP contribution in [0.5, 0.6) is 0 Å². The van der Waals surface area contributed by atoms with Gasteiger partial charge in [-0.2, -0.15) is 0 Å². The lowest BCUT2D eigenvalue weighted by Crippen LogP contribution is -2.27. The minimum absolute atomic E-state index is 0.187. The van der Waals surface area contributed by atoms with Crippen molar-refractivity contribution < 1.29 is 14.3 Å². The van der Waals surface area contributed by atoms with Crippen LogP contribution < -0.4 is 5.32 Å². The first kappa shape index (κ1) is 19.5. The van der Waals surface area contributed by atoms with Crippen LogP contribution in [-0.4, -0.2) is 42.2 Å². The molecule has 0 atom stereocenters. The molecule has 0 amide bonds. The molecule has 0 radical (unpaired) electrons. The largest absolute Gasteiger partial charge is 0.478 e. The summed E-state index contributed by atoms with van der Waals surface area (Å²) in [4.78, 5) is 13.5. The fourth-order valence-corrected chi connectivity index (χ4v) is 2.85. The molecular weight excluding hydrogens is 340 g/mol. The van der Waals surface area contributed by atoms with Crippen molar-refractivity contribution in [3.63, 3.8) is 0 Å². The third-order valence-corrected chi connectivity index (χ3v) is 4.49. The SMILES string of the molecule is CCN(CC)CCCNCc1ccc(-c2cc(C(=O)O)ccc2Cl)o1. The summed E-state index contributed by atoms with van der Waals surface area (Å²) in [6.45, 7) is 9.14. The first-order chi connectivity index (χ1) is 12.0. The van der Waals surface area contributed by atoms with Crippen molar-refractivity contribution in [2.45, 2.75) is 26.8 Å². The number of carboxylic acid groups (broad SMARTS) is 1. The van der Waals surface area contributed by atoms with Crippen molar-refractivity contribution in [1.82, 2.24) is 10.2 Å². The molecule has 1 aromatic heterocycles. The molecule has 0 saturated heterocycles. The van der Waals surface area contributed by atoms with Crippen LogP contribution in [0.25, 0.3) is 11.3 Å². The molecule has 2 aromatic rings. The summed E-state index contributed by atoms with van der Waals surface area (Å²) in [7, 11) is 0. The molecule has 0 aliphatic carbocycles. The summed E-state index contributed by atoms with van der Waals surface area (Å²) in [5.41, 5.74) is 0.779. The number of hydrogen-bond acceptors (Lipinski definition) is 4. The molecule has 0 aliphatic rings. The average molecular weight is 365 g/mol. The van der Waals surface area contributed by atoms with E-state index in [2.05, 4.69) is 24.1 Å². The van der Waals surface area contributed by atoms with Gasteiger partial charge in [0.05, 0.1) is 17.1 Å². The Morgan fingerprint density at radius 2 is 2.00 bits per heavy atom. The van der Waals surface area contributed by atoms with Gasteiger partial charge in [0.25, 0.3) is 0 Å². The molecular formula is C19H25ClN2O3. The van der Waals surface area contributed by atoms with Crippen LogP contribution in [0.4, 0.5) is 0 Å². The number of nitrogens with one attached hydrogen (secondary N) is 1. The highest BCUT2D eigenvalue weighted by Gasteiger charge is 2.12. The molecule has 6 heteroatoms. The topological polar surface area (TPSA) is 65.7 Å². The van der Waals surface area contributed by atoms with Crippen LogP contribution in [0.2, 0.25) is 5.02 Å². The average Bonchev–Trinajstić information content (AvgIpc) is 3.07. The molecule has 2 N–H and O–H groups in total. The third-order valence-electron chi connectivity index (χ3n) is 4.16. The molecule has 0 bridgehead atoms. The Balaban J connectivity index is 1.90. The molecule has 0 saturated carbocycles. The van der Waals surface area contributed by atoms with Gasteiger partial charge in [-0.15, -0.1) is 0 Å². The fraction of sp³-hybridized carbons (Fsp3) is 0.421. The lowest BCUT2D eigenvalue weighted by molar-refractivity contribution is 0.0697. The standard InChI is InChI=1S/C19H25ClN2O3/c1-3-22(4-2)11-5-10-21-13-15-7-9-18(25-15)16-12-14(19(23)24)6-8-17(16)20/h6-9,12,21H,3-5,10-11,13H2,1-2H3,(H,23,24). The van der Waals surface area contributed by atoms with Gasteiger partial charge in [-0.3, -0.25) is 0 Å². The summed E-state index contributed by atoms with van der Waals surface area (Å²) in [5, 5.41) is 12.9. The molecule has 0 unspecified atom stereocenters. The maximum atomic E-state index is 11.1. The number of rotatable bonds is 10. The molecule has 0 spiro atoms. The summed E-state index contributed by atoms with van der Waals surface area (Å²) in [6.07, 6.45) is 1.09. The molecule has 1 heterocycles. The van der Waals surface area contributed by atoms with E-state index in [-0.39, 0.29) is 5.56 Å². The highest BCUT2D eigenvalue weighted by molar-refractivity contribution is 6.33. The smallest absolute Gasteiger partial charge is 0.335 e. The van der Waals surface area contributed by atoms with Crippen molar-refractivity contribution >= 4 is 17.6 Å². The lowest BCUT2D eigenvalue weighted by Gasteiger charge is -2.17. The van der Waals surface area contributed by atoms with E-state index in [1.54, 1.807) is 6.07 Å². The van der Waals surface area contributed by atoms with E-state index in [0.29, 0.717) is 22.9 Å². The number of carbonyl (C=O) groups is 1. The zero-order valence-electron chi connectivity index (χ0n) is 14.7. The number of carboxylic acids is 1. The summed E-state index contributed by atoms with van der Waals surface area (Å²) in [5.74, 6) is 0.391. The Labute approximate surface area is 153 Å². The van der Waals surface area contributed by atoms with Crippen molar-refractivity contribution in [3.8, 4) is 11.3 Å². The van der Waals surface area contributed by atoms with Gasteiger partial charge < -0.3 is 19.7 Å². The van der Waals surface area contributed by atoms with E-state index in [4.69, 9.17) is 21.1 Å². The first-order valence-electron chi connectivity index (χ1n) is 8.60. The van der Waals surface area contributed by atoms with Crippen LogP contribution in [-0.2, 0) is 6.54 Å². The van der Waals surface area contributed by atoms with Gasteiger partial charge in [0.2, 0.25) is 0 Å². The van der Waals surface area contributed by atoms with Gasteiger partial charge in [0.1, 0.15) is 11.5 Å². The van der Waals surface area contributed by atoms with Gasteiger partial charge in [-0.05, 0) is 62.9 Å². The Hall–Kier alpha value is -1.82. The number of halogens is 1. The number of aromatic carboxylic acids is 1. The van der Waals surface area contributed by atoms with E-state index in [9.17, 15) is 4.79 Å². The zero-order valence-corrected chi connectivity index (χ0v) is 15.5. The Kier molecular flexibility index (Phi) is 7.50. The Bertz CT molecular complexity index is 696. The predicted molar refractivity (Wildman–Crippen MR) is 100 cm³/mol. The van der Waals surface area contributed by atoms with E-state index >= 15 is 0 Å². The van der Waals surface area contributed by atoms with Gasteiger partial charge >= 0.3 is 5.97 Å². The predicted octanol–water partition coefficient (Wildman–Crippen LogP) is 4.12. The molecule has 25 heavy (non-hydrogen) atoms. The van der Waals surface area contributed by atoms with Crippen LogP contribution >= 0.6 is 11.6 Å². The zero-order chi connectivity index (χ0) is 18.2. The van der Waals surface area contributed by atoms with Crippen LogP contribution in [0.1, 0.15) is 36.4 Å². The third kappa shape index (κ3) is 5.59. The Morgan fingerprint density at radius 3 is 2.68 bits per heavy atom. The highest BCUT2D eigenvalue weighted by atomic mass is 35.5. The monoisotopic (exact) mass is 364 g/mol. The number of benzene rings is 1. The summed E-state index contributed by atoms with van der Waals surface area (Å²) < 4.78 is 5.80. The van der Waals surface area contributed by atoms with Crippen LogP contribution in [0.3, 0.4) is 0 Å². The summed E-state index contributed by atoms with van der Waals surface area (Å²) >= 11 is 6.17. The molecule has 5 nitrogen and oxygen atoms in total. The number of furan rings is 1. The van der Waals surface area contributed by atoms with E-state index in [0.717, 1.165) is 38.4 Å². The highest BCUT2D eigenvalue weighted by Crippen LogP contribution is 2.30. The van der Waals surface area contributed by atoms with Gasteiger partial charge in [-0.25, -0.2) is 4.79 Å². The van der Waals surface area contributed by atoms with Crippen LogP contribution in [0, 0.1) is 0 Å². The van der Waals surface area contributed by atoms with E-state index in [1.165, 1.54) is 12.1 Å². The minimum Gasteiger partial charge on any atom is -0.478 e. The number of nitrogens with zero attached hydrogens (tertiary/aromatic N) is 1. The molecule has 1 aromatic carbocycles. The molecule has 2 rings (SSSR count). The fourth-order valence-electron chi connectivity index (χ4n) is 2.64. The van der Waals surface area contributed by atoms with Gasteiger partial charge in [0, 0.05) is 5.56 Å². The summed E-state index contributed by atoms with van der Waals surface area (Å²) in [6, 6.07) is 8.30. The van der Waals surface area contributed by atoms with Crippen molar-refractivity contribution in [3.05, 3.63) is 46.7 Å². The second-order valence-corrected chi connectivity index (χ2v) is 6.23. The second-order valence-electron chi connectivity index (χ2n) is 5.82. The normalized spacial score (nSPS) is 11.2. The molecule has 136 valence electrons. The quantitative estimate of drug-likeness (QED) is 0.621. The van der Waals surface area contributed by atoms with Gasteiger partial charge in [0.15, 0.2) is 0 Å². The maximum Gasteiger partial charge on any atom is 0.335 e.